The molecule has 19 heavy (non-hydrogen) atoms. The molecule has 1 nitrogen and oxygen atoms in total. The van der Waals surface area contributed by atoms with Gasteiger partial charge in [-0.1, -0.05) is 90.4 Å². The lowest BCUT2D eigenvalue weighted by molar-refractivity contribution is -0.117. The summed E-state index contributed by atoms with van der Waals surface area (Å²) >= 11 is 0. The van der Waals surface area contributed by atoms with E-state index in [0.29, 0.717) is 5.78 Å². The van der Waals surface area contributed by atoms with Gasteiger partial charge in [0.1, 0.15) is 5.78 Å². The largest absolute Gasteiger partial charge is 0.300 e. The standard InChI is InChI=1S/C18H35O/c1-3-4-5-6-7-8-9-10-11-12-13-14-15-16-17-18(2)19/h1,3-17H2,2H3. The van der Waals surface area contributed by atoms with Crippen LogP contribution in [0.5, 0.6) is 0 Å². The summed E-state index contributed by atoms with van der Waals surface area (Å²) in [5, 5.41) is 0. The van der Waals surface area contributed by atoms with Crippen LogP contribution in [0.25, 0.3) is 0 Å². The van der Waals surface area contributed by atoms with Gasteiger partial charge in [-0.2, -0.15) is 0 Å². The van der Waals surface area contributed by atoms with Gasteiger partial charge < -0.3 is 4.79 Å². The van der Waals surface area contributed by atoms with Gasteiger partial charge in [-0.15, -0.1) is 0 Å². The SMILES string of the molecule is [CH2]CCCCCCCCCCCCCCCC(C)=O. The Balaban J connectivity index is 2.93. The van der Waals surface area contributed by atoms with Crippen LogP contribution in [0, 0.1) is 6.92 Å². The third-order valence-electron chi connectivity index (χ3n) is 3.78. The fraction of sp³-hybridized carbons (Fsp3) is 0.889. The third-order valence-corrected chi connectivity index (χ3v) is 3.78. The van der Waals surface area contributed by atoms with Crippen LogP contribution in [0.4, 0.5) is 0 Å². The van der Waals surface area contributed by atoms with Crippen LogP contribution in [-0.2, 0) is 4.79 Å². The quantitative estimate of drug-likeness (QED) is 0.320. The van der Waals surface area contributed by atoms with Crippen molar-refractivity contribution in [2.24, 2.45) is 0 Å². The second kappa shape index (κ2) is 15.7. The van der Waals surface area contributed by atoms with Gasteiger partial charge in [0.15, 0.2) is 0 Å². The van der Waals surface area contributed by atoms with E-state index in [4.69, 9.17) is 0 Å². The van der Waals surface area contributed by atoms with Crippen molar-refractivity contribution in [1.29, 1.82) is 0 Å². The number of Topliss-reactive ketones (excluding diaryl/α,β-unsaturated/α-hetero) is 1. The van der Waals surface area contributed by atoms with Crippen molar-refractivity contribution in [3.63, 3.8) is 0 Å². The van der Waals surface area contributed by atoms with Crippen LogP contribution in [-0.4, -0.2) is 5.78 Å². The summed E-state index contributed by atoms with van der Waals surface area (Å²) < 4.78 is 0. The Morgan fingerprint density at radius 3 is 1.26 bits per heavy atom. The first-order chi connectivity index (χ1) is 9.27. The zero-order valence-electron chi connectivity index (χ0n) is 13.2. The number of hydrogen-bond acceptors (Lipinski definition) is 1. The summed E-state index contributed by atoms with van der Waals surface area (Å²) in [4.78, 5) is 10.8. The first-order valence-electron chi connectivity index (χ1n) is 8.56. The summed E-state index contributed by atoms with van der Waals surface area (Å²) in [5.41, 5.74) is 0. The number of carbonyl (C=O) groups is 1. The predicted molar refractivity (Wildman–Crippen MR) is 85.3 cm³/mol. The summed E-state index contributed by atoms with van der Waals surface area (Å²) in [6.45, 7) is 5.57. The minimum absolute atomic E-state index is 0.343. The Morgan fingerprint density at radius 2 is 0.947 bits per heavy atom. The average Bonchev–Trinajstić information content (AvgIpc) is 2.39. The molecule has 0 bridgehead atoms. The molecule has 0 spiro atoms. The van der Waals surface area contributed by atoms with E-state index in [0.717, 1.165) is 19.3 Å². The summed E-state index contributed by atoms with van der Waals surface area (Å²) in [7, 11) is 0. The molecule has 1 radical (unpaired) electrons. The van der Waals surface area contributed by atoms with Crippen molar-refractivity contribution < 1.29 is 4.79 Å². The van der Waals surface area contributed by atoms with Crippen molar-refractivity contribution in [3.8, 4) is 0 Å². The predicted octanol–water partition coefficient (Wildman–Crippen LogP) is 6.26. The molecule has 0 atom stereocenters. The van der Waals surface area contributed by atoms with E-state index in [9.17, 15) is 4.79 Å². The molecule has 0 aromatic rings. The van der Waals surface area contributed by atoms with Crippen LogP contribution in [0.15, 0.2) is 0 Å². The highest BCUT2D eigenvalue weighted by Gasteiger charge is 1.95. The highest BCUT2D eigenvalue weighted by molar-refractivity contribution is 5.75. The Bertz CT molecular complexity index is 186. The topological polar surface area (TPSA) is 17.1 Å². The first kappa shape index (κ1) is 18.7. The second-order valence-corrected chi connectivity index (χ2v) is 5.90. The molecule has 1 heteroatoms. The van der Waals surface area contributed by atoms with E-state index >= 15 is 0 Å². The lowest BCUT2D eigenvalue weighted by Gasteiger charge is -2.02. The average molecular weight is 267 g/mol. The van der Waals surface area contributed by atoms with Crippen molar-refractivity contribution in [1.82, 2.24) is 0 Å². The van der Waals surface area contributed by atoms with E-state index in [1.807, 2.05) is 0 Å². The number of hydrogen-bond donors (Lipinski definition) is 0. The normalized spacial score (nSPS) is 10.8. The van der Waals surface area contributed by atoms with E-state index in [1.54, 1.807) is 6.92 Å². The Kier molecular flexibility index (Phi) is 15.5. The van der Waals surface area contributed by atoms with E-state index in [2.05, 4.69) is 6.92 Å². The van der Waals surface area contributed by atoms with Crippen molar-refractivity contribution >= 4 is 5.78 Å². The monoisotopic (exact) mass is 267 g/mol. The number of carbonyl (C=O) groups excluding carboxylic acids is 1. The zero-order chi connectivity index (χ0) is 14.2. The van der Waals surface area contributed by atoms with Crippen LogP contribution >= 0.6 is 0 Å². The minimum atomic E-state index is 0.343. The van der Waals surface area contributed by atoms with Crippen LogP contribution in [0.3, 0.4) is 0 Å². The summed E-state index contributed by atoms with van der Waals surface area (Å²) in [6.07, 6.45) is 19.5. The summed E-state index contributed by atoms with van der Waals surface area (Å²) in [6, 6.07) is 0. The van der Waals surface area contributed by atoms with Crippen LogP contribution in [0.2, 0.25) is 0 Å². The molecule has 0 aliphatic heterocycles. The molecule has 0 aliphatic carbocycles. The van der Waals surface area contributed by atoms with Crippen molar-refractivity contribution in [2.75, 3.05) is 0 Å². The second-order valence-electron chi connectivity index (χ2n) is 5.90. The summed E-state index contributed by atoms with van der Waals surface area (Å²) in [5.74, 6) is 0.343. The lowest BCUT2D eigenvalue weighted by atomic mass is 10.0. The highest BCUT2D eigenvalue weighted by atomic mass is 16.1. The molecule has 0 amide bonds. The van der Waals surface area contributed by atoms with Gasteiger partial charge >= 0.3 is 0 Å². The highest BCUT2D eigenvalue weighted by Crippen LogP contribution is 2.13. The van der Waals surface area contributed by atoms with Crippen LogP contribution < -0.4 is 0 Å². The van der Waals surface area contributed by atoms with Gasteiger partial charge in [0.2, 0.25) is 0 Å². The Hall–Kier alpha value is -0.330. The van der Waals surface area contributed by atoms with Gasteiger partial charge in [-0.3, -0.25) is 0 Å². The van der Waals surface area contributed by atoms with E-state index < -0.39 is 0 Å². The zero-order valence-corrected chi connectivity index (χ0v) is 13.2. The fourth-order valence-corrected chi connectivity index (χ4v) is 2.50. The molecule has 0 aromatic carbocycles. The third kappa shape index (κ3) is 17.7. The van der Waals surface area contributed by atoms with Gasteiger partial charge in [-0.25, -0.2) is 0 Å². The van der Waals surface area contributed by atoms with E-state index in [-0.39, 0.29) is 0 Å². The maximum Gasteiger partial charge on any atom is 0.129 e. The molecule has 113 valence electrons. The molecule has 0 fully saturated rings. The van der Waals surface area contributed by atoms with Gasteiger partial charge in [0.05, 0.1) is 0 Å². The Labute approximate surface area is 121 Å². The minimum Gasteiger partial charge on any atom is -0.300 e. The Morgan fingerprint density at radius 1 is 0.632 bits per heavy atom. The fourth-order valence-electron chi connectivity index (χ4n) is 2.50. The van der Waals surface area contributed by atoms with Crippen molar-refractivity contribution in [3.05, 3.63) is 6.92 Å². The molecule has 0 heterocycles. The maximum absolute atomic E-state index is 10.8. The molecule has 0 N–H and O–H groups in total. The number of rotatable bonds is 15. The van der Waals surface area contributed by atoms with Crippen LogP contribution in [0.1, 0.15) is 103 Å². The molecular formula is C18H35O. The lowest BCUT2D eigenvalue weighted by Crippen LogP contribution is -1.89. The van der Waals surface area contributed by atoms with Gasteiger partial charge in [0, 0.05) is 6.42 Å². The maximum atomic E-state index is 10.8. The number of unbranched alkanes of at least 4 members (excludes halogenated alkanes) is 13. The molecule has 0 unspecified atom stereocenters. The smallest absolute Gasteiger partial charge is 0.129 e. The van der Waals surface area contributed by atoms with Gasteiger partial charge in [0.25, 0.3) is 0 Å². The number of ketones is 1. The van der Waals surface area contributed by atoms with Crippen molar-refractivity contribution in [2.45, 2.75) is 103 Å². The molecule has 0 aromatic heterocycles. The molecular weight excluding hydrogens is 232 g/mol. The molecule has 0 saturated heterocycles. The molecule has 0 rings (SSSR count). The van der Waals surface area contributed by atoms with Gasteiger partial charge in [-0.05, 0) is 13.3 Å². The first-order valence-corrected chi connectivity index (χ1v) is 8.56. The molecule has 0 saturated carbocycles. The van der Waals surface area contributed by atoms with E-state index in [1.165, 1.54) is 77.0 Å². The molecule has 0 aliphatic rings.